The van der Waals surface area contributed by atoms with E-state index < -0.39 is 5.91 Å². The maximum atomic E-state index is 13.2. The van der Waals surface area contributed by atoms with E-state index in [-0.39, 0.29) is 33.1 Å². The predicted molar refractivity (Wildman–Crippen MR) is 177 cm³/mol. The number of aromatic hydroxyl groups is 1. The zero-order chi connectivity index (χ0) is 31.8. The average Bonchev–Trinajstić information content (AvgIpc) is 3.45. The van der Waals surface area contributed by atoms with Crippen molar-refractivity contribution < 1.29 is 33.5 Å². The normalized spacial score (nSPS) is 11.5. The maximum Gasteiger partial charge on any atom is 0.272 e. The van der Waals surface area contributed by atoms with Gasteiger partial charge in [0.05, 0.1) is 25.3 Å². The number of aliphatic imine (C=N–C) groups is 1. The summed E-state index contributed by atoms with van der Waals surface area (Å²) in [5, 5.41) is 14.6. The van der Waals surface area contributed by atoms with Gasteiger partial charge in [-0.05, 0) is 66.9 Å². The van der Waals surface area contributed by atoms with Crippen molar-refractivity contribution in [1.29, 1.82) is 0 Å². The number of amides is 1. The predicted octanol–water partition coefficient (Wildman–Crippen LogP) is 7.53. The van der Waals surface area contributed by atoms with Crippen molar-refractivity contribution in [1.82, 2.24) is 5.16 Å². The van der Waals surface area contributed by atoms with Crippen molar-refractivity contribution in [2.45, 2.75) is 33.1 Å². The minimum Gasteiger partial charge on any atom is -0.504 e. The van der Waals surface area contributed by atoms with E-state index in [1.54, 1.807) is 54.0 Å². The van der Waals surface area contributed by atoms with Crippen LogP contribution in [0.1, 0.15) is 58.7 Å². The number of nitrogens with zero attached hydrogens (tertiary/aromatic N) is 2. The van der Waals surface area contributed by atoms with Gasteiger partial charge in [0.2, 0.25) is 3.79 Å². The lowest BCUT2D eigenvalue weighted by Gasteiger charge is -2.09. The number of Topliss-reactive ketones (excluding diaryl/α,β-unsaturated/α-hetero) is 1. The third-order valence-electron chi connectivity index (χ3n) is 6.86. The molecule has 9 nitrogen and oxygen atoms in total. The van der Waals surface area contributed by atoms with Gasteiger partial charge in [-0.25, -0.2) is 4.99 Å². The Morgan fingerprint density at radius 1 is 1.00 bits per heavy atom. The van der Waals surface area contributed by atoms with Gasteiger partial charge in [-0.3, -0.25) is 14.4 Å². The molecule has 0 unspecified atom stereocenters. The van der Waals surface area contributed by atoms with Crippen molar-refractivity contribution in [2.75, 3.05) is 14.2 Å². The summed E-state index contributed by atoms with van der Waals surface area (Å²) >= 11 is 1.59. The number of benzene rings is 3. The molecule has 44 heavy (non-hydrogen) atoms. The van der Waals surface area contributed by atoms with Crippen molar-refractivity contribution in [2.24, 2.45) is 4.99 Å². The smallest absolute Gasteiger partial charge is 0.272 e. The molecule has 4 aromatic rings. The number of ether oxygens (including phenoxy) is 2. The molecule has 0 aliphatic heterocycles. The summed E-state index contributed by atoms with van der Waals surface area (Å²) in [7, 11) is 2.99. The van der Waals surface area contributed by atoms with Crippen LogP contribution in [0.3, 0.4) is 0 Å². The lowest BCUT2D eigenvalue weighted by atomic mass is 9.97. The van der Waals surface area contributed by atoms with Crippen LogP contribution in [-0.4, -0.2) is 46.2 Å². The number of phenolic OH excluding ortho intramolecular Hbond substituents is 1. The summed E-state index contributed by atoms with van der Waals surface area (Å²) < 4.78 is 15.9. The van der Waals surface area contributed by atoms with E-state index in [2.05, 4.69) is 10.1 Å². The third kappa shape index (κ3) is 7.49. The number of halogens is 1. The summed E-state index contributed by atoms with van der Waals surface area (Å²) in [6, 6.07) is 17.7. The van der Waals surface area contributed by atoms with Crippen molar-refractivity contribution in [3.05, 3.63) is 88.7 Å². The van der Waals surface area contributed by atoms with Gasteiger partial charge >= 0.3 is 0 Å². The minimum absolute atomic E-state index is 0.0399. The van der Waals surface area contributed by atoms with Crippen LogP contribution in [0.2, 0.25) is 0 Å². The second-order valence-electron chi connectivity index (χ2n) is 9.82. The molecule has 1 heterocycles. The molecule has 0 aliphatic carbocycles. The summed E-state index contributed by atoms with van der Waals surface area (Å²) in [5.41, 5.74) is 4.56. The molecule has 3 aromatic carbocycles. The molecule has 0 saturated heterocycles. The Kier molecular flexibility index (Phi) is 10.8. The number of aromatic nitrogens is 1. The van der Waals surface area contributed by atoms with Crippen LogP contribution in [-0.2, 0) is 11.2 Å². The highest BCUT2D eigenvalue weighted by molar-refractivity contribution is 14.1. The Labute approximate surface area is 268 Å². The number of carbonyl (C=O) groups is 3. The highest BCUT2D eigenvalue weighted by Crippen LogP contribution is 2.36. The van der Waals surface area contributed by atoms with Gasteiger partial charge in [0.15, 0.2) is 23.0 Å². The van der Waals surface area contributed by atoms with Gasteiger partial charge in [-0.1, -0.05) is 42.8 Å². The topological polar surface area (TPSA) is 128 Å². The summed E-state index contributed by atoms with van der Waals surface area (Å²) in [6.45, 7) is 3.46. The SMILES string of the molecule is CCC/C(=C\c1cc(OC)c(O)c(C(=O)I)c1)C(=O)N=CCc1onc(-c2ccc(OC)cc2)c1-c1ccc(C(C)=O)cc1. The minimum atomic E-state index is -0.441. The first-order valence-corrected chi connectivity index (χ1v) is 14.9. The standard InChI is InChI=1S/C34H31IN2O7/c1-5-6-25(17-21-18-27(33(35)40)32(39)29(19-21)43-4)34(41)36-16-15-28-30(23-9-7-22(8-10-23)20(2)38)31(37-44-28)24-11-13-26(42-3)14-12-24/h7-14,16-19,39H,5-6,15H2,1-4H3/b25-17+,36-16?. The molecule has 0 aliphatic rings. The lowest BCUT2D eigenvalue weighted by molar-refractivity contribution is -0.114. The zero-order valence-corrected chi connectivity index (χ0v) is 26.9. The fourth-order valence-electron chi connectivity index (χ4n) is 4.60. The Morgan fingerprint density at radius 2 is 1.68 bits per heavy atom. The molecule has 1 amide bonds. The first kappa shape index (κ1) is 32.3. The molecule has 0 spiro atoms. The number of hydrogen-bond acceptors (Lipinski definition) is 8. The van der Waals surface area contributed by atoms with Crippen LogP contribution in [0, 0.1) is 0 Å². The molecule has 1 N–H and O–H groups in total. The quantitative estimate of drug-likeness (QED) is 0.0527. The number of carbonyl (C=O) groups excluding carboxylic acids is 3. The van der Waals surface area contributed by atoms with Gasteiger partial charge in [0.1, 0.15) is 11.4 Å². The molecule has 0 bridgehead atoms. The van der Waals surface area contributed by atoms with Gasteiger partial charge in [-0.15, -0.1) is 0 Å². The van der Waals surface area contributed by atoms with Crippen molar-refractivity contribution in [3.8, 4) is 39.6 Å². The lowest BCUT2D eigenvalue weighted by Crippen LogP contribution is -2.01. The van der Waals surface area contributed by atoms with E-state index in [1.807, 2.05) is 43.3 Å². The van der Waals surface area contributed by atoms with Gasteiger partial charge < -0.3 is 19.1 Å². The highest BCUT2D eigenvalue weighted by Gasteiger charge is 2.20. The second-order valence-corrected chi connectivity index (χ2v) is 10.8. The largest absolute Gasteiger partial charge is 0.504 e. The third-order valence-corrected chi connectivity index (χ3v) is 7.44. The van der Waals surface area contributed by atoms with Crippen LogP contribution in [0.15, 0.2) is 75.8 Å². The highest BCUT2D eigenvalue weighted by atomic mass is 127. The van der Waals surface area contributed by atoms with Crippen LogP contribution in [0.25, 0.3) is 28.5 Å². The Hall–Kier alpha value is -4.58. The molecule has 4 rings (SSSR count). The average molecular weight is 707 g/mol. The first-order valence-electron chi connectivity index (χ1n) is 13.8. The van der Waals surface area contributed by atoms with Gasteiger partial charge in [0, 0.05) is 51.9 Å². The van der Waals surface area contributed by atoms with Crippen LogP contribution < -0.4 is 9.47 Å². The van der Waals surface area contributed by atoms with E-state index >= 15 is 0 Å². The van der Waals surface area contributed by atoms with E-state index in [0.717, 1.165) is 16.7 Å². The summed E-state index contributed by atoms with van der Waals surface area (Å²) in [4.78, 5) is 41.3. The molecule has 10 heteroatoms. The van der Waals surface area contributed by atoms with E-state index in [0.29, 0.717) is 46.7 Å². The molecular weight excluding hydrogens is 675 g/mol. The molecule has 1 aromatic heterocycles. The molecule has 226 valence electrons. The first-order chi connectivity index (χ1) is 21.2. The summed E-state index contributed by atoms with van der Waals surface area (Å²) in [5.74, 6) is 0.600. The molecule has 0 fully saturated rings. The van der Waals surface area contributed by atoms with Gasteiger partial charge in [0.25, 0.3) is 5.91 Å². The Bertz CT molecular complexity index is 1740. The fourth-order valence-corrected chi connectivity index (χ4v) is 5.01. The fraction of sp³-hybridized carbons (Fsp3) is 0.206. The number of hydrogen-bond donors (Lipinski definition) is 1. The molecule has 0 saturated carbocycles. The van der Waals surface area contributed by atoms with E-state index in [1.165, 1.54) is 26.3 Å². The van der Waals surface area contributed by atoms with Gasteiger partial charge in [-0.2, -0.15) is 0 Å². The van der Waals surface area contributed by atoms with Crippen LogP contribution in [0.4, 0.5) is 0 Å². The van der Waals surface area contributed by atoms with Crippen molar-refractivity contribution in [3.63, 3.8) is 0 Å². The Balaban J connectivity index is 1.66. The molecule has 0 radical (unpaired) electrons. The number of rotatable bonds is 12. The Morgan fingerprint density at radius 3 is 2.27 bits per heavy atom. The second kappa shape index (κ2) is 14.7. The zero-order valence-electron chi connectivity index (χ0n) is 24.7. The number of methoxy groups -OCH3 is 2. The van der Waals surface area contributed by atoms with Crippen LogP contribution in [0.5, 0.6) is 17.2 Å². The maximum absolute atomic E-state index is 13.2. The van der Waals surface area contributed by atoms with E-state index in [4.69, 9.17) is 14.0 Å². The monoisotopic (exact) mass is 706 g/mol. The summed E-state index contributed by atoms with van der Waals surface area (Å²) in [6.07, 6.45) is 4.44. The van der Waals surface area contributed by atoms with Crippen LogP contribution >= 0.6 is 22.6 Å². The van der Waals surface area contributed by atoms with E-state index in [9.17, 15) is 19.5 Å². The number of ketones is 1. The number of phenols is 1. The van der Waals surface area contributed by atoms with Crippen molar-refractivity contribution >= 4 is 50.4 Å². The molecular formula is C34H31IN2O7. The molecule has 0 atom stereocenters.